The monoisotopic (exact) mass is 306 g/mol. The molecule has 118 valence electrons. The number of carbonyl (C=O) groups excluding carboxylic acids is 1. The number of aliphatic carboxylic acids is 1. The number of nitro groups is 1. The summed E-state index contributed by atoms with van der Waals surface area (Å²) >= 11 is 0. The SMILES string of the molecule is C/C=C/CC(NC(=O)CCc1cccc([N+](=O)[O-])c1)C(=O)O. The third-order valence-corrected chi connectivity index (χ3v) is 3.00. The van der Waals surface area contributed by atoms with Crippen LogP contribution in [-0.2, 0) is 16.0 Å². The van der Waals surface area contributed by atoms with Crippen molar-refractivity contribution in [3.8, 4) is 0 Å². The van der Waals surface area contributed by atoms with E-state index in [2.05, 4.69) is 5.32 Å². The van der Waals surface area contributed by atoms with Gasteiger partial charge < -0.3 is 10.4 Å². The summed E-state index contributed by atoms with van der Waals surface area (Å²) in [5, 5.41) is 22.1. The number of benzene rings is 1. The van der Waals surface area contributed by atoms with E-state index in [0.717, 1.165) is 0 Å². The zero-order chi connectivity index (χ0) is 16.5. The zero-order valence-electron chi connectivity index (χ0n) is 12.2. The number of nitrogens with one attached hydrogen (secondary N) is 1. The van der Waals surface area contributed by atoms with Crippen molar-refractivity contribution in [3.05, 3.63) is 52.1 Å². The Morgan fingerprint density at radius 3 is 2.77 bits per heavy atom. The molecule has 22 heavy (non-hydrogen) atoms. The molecule has 0 spiro atoms. The first-order valence-corrected chi connectivity index (χ1v) is 6.80. The summed E-state index contributed by atoms with van der Waals surface area (Å²) in [5.41, 5.74) is 0.624. The third kappa shape index (κ3) is 5.74. The lowest BCUT2D eigenvalue weighted by molar-refractivity contribution is -0.384. The van der Waals surface area contributed by atoms with Crippen LogP contribution >= 0.6 is 0 Å². The maximum absolute atomic E-state index is 11.8. The molecule has 0 aromatic heterocycles. The quantitative estimate of drug-likeness (QED) is 0.434. The molecule has 1 rings (SSSR count). The maximum atomic E-state index is 11.8. The van der Waals surface area contributed by atoms with Crippen molar-refractivity contribution < 1.29 is 19.6 Å². The van der Waals surface area contributed by atoms with Gasteiger partial charge in [-0.05, 0) is 25.3 Å². The van der Waals surface area contributed by atoms with Crippen molar-refractivity contribution in [1.82, 2.24) is 5.32 Å². The van der Waals surface area contributed by atoms with Gasteiger partial charge in [0, 0.05) is 18.6 Å². The van der Waals surface area contributed by atoms with Crippen molar-refractivity contribution in [1.29, 1.82) is 0 Å². The van der Waals surface area contributed by atoms with Crippen LogP contribution in [0.2, 0.25) is 0 Å². The number of aryl methyl sites for hydroxylation is 1. The molecule has 2 N–H and O–H groups in total. The van der Waals surface area contributed by atoms with E-state index in [-0.39, 0.29) is 18.5 Å². The van der Waals surface area contributed by atoms with Gasteiger partial charge in [0.25, 0.3) is 5.69 Å². The summed E-state index contributed by atoms with van der Waals surface area (Å²) in [4.78, 5) is 33.0. The van der Waals surface area contributed by atoms with Crippen LogP contribution in [0.25, 0.3) is 0 Å². The Morgan fingerprint density at radius 1 is 1.45 bits per heavy atom. The van der Waals surface area contributed by atoms with Crippen molar-refractivity contribution in [2.24, 2.45) is 0 Å². The van der Waals surface area contributed by atoms with Crippen LogP contribution in [-0.4, -0.2) is 27.9 Å². The number of carbonyl (C=O) groups is 2. The molecule has 1 atom stereocenters. The second-order valence-corrected chi connectivity index (χ2v) is 4.69. The Kier molecular flexibility index (Phi) is 6.75. The average Bonchev–Trinajstić information content (AvgIpc) is 2.49. The molecule has 1 unspecified atom stereocenters. The topological polar surface area (TPSA) is 110 Å². The van der Waals surface area contributed by atoms with Crippen LogP contribution in [0.3, 0.4) is 0 Å². The van der Waals surface area contributed by atoms with E-state index < -0.39 is 22.8 Å². The minimum atomic E-state index is -1.10. The largest absolute Gasteiger partial charge is 0.480 e. The highest BCUT2D eigenvalue weighted by Crippen LogP contribution is 2.14. The van der Waals surface area contributed by atoms with E-state index in [4.69, 9.17) is 5.11 Å². The number of rotatable bonds is 8. The Labute approximate surface area is 127 Å². The molecule has 7 nitrogen and oxygen atoms in total. The lowest BCUT2D eigenvalue weighted by Gasteiger charge is -2.12. The van der Waals surface area contributed by atoms with E-state index in [1.807, 2.05) is 0 Å². The second-order valence-electron chi connectivity index (χ2n) is 4.69. The molecule has 0 saturated heterocycles. The van der Waals surface area contributed by atoms with Gasteiger partial charge >= 0.3 is 5.97 Å². The number of hydrogen-bond acceptors (Lipinski definition) is 4. The van der Waals surface area contributed by atoms with Gasteiger partial charge in [-0.15, -0.1) is 0 Å². The van der Waals surface area contributed by atoms with Gasteiger partial charge in [0.2, 0.25) is 5.91 Å². The molecule has 1 amide bonds. The number of amides is 1. The fourth-order valence-electron chi connectivity index (χ4n) is 1.84. The van der Waals surface area contributed by atoms with Crippen LogP contribution in [0.4, 0.5) is 5.69 Å². The van der Waals surface area contributed by atoms with Gasteiger partial charge in [0.05, 0.1) is 4.92 Å². The molecular formula is C15H18N2O5. The number of nitrogens with zero attached hydrogens (tertiary/aromatic N) is 1. The normalized spacial score (nSPS) is 12.0. The van der Waals surface area contributed by atoms with Crippen LogP contribution < -0.4 is 5.32 Å². The van der Waals surface area contributed by atoms with Crippen molar-refractivity contribution >= 4 is 17.6 Å². The molecule has 0 saturated carbocycles. The molecule has 0 aliphatic rings. The fourth-order valence-corrected chi connectivity index (χ4v) is 1.84. The van der Waals surface area contributed by atoms with Crippen LogP contribution in [0, 0.1) is 10.1 Å². The fraction of sp³-hybridized carbons (Fsp3) is 0.333. The van der Waals surface area contributed by atoms with Crippen LogP contribution in [0.5, 0.6) is 0 Å². The maximum Gasteiger partial charge on any atom is 0.326 e. The Morgan fingerprint density at radius 2 is 2.18 bits per heavy atom. The highest BCUT2D eigenvalue weighted by Gasteiger charge is 2.18. The molecule has 0 aliphatic heterocycles. The summed E-state index contributed by atoms with van der Waals surface area (Å²) in [6.45, 7) is 1.77. The van der Waals surface area contributed by atoms with E-state index in [0.29, 0.717) is 12.0 Å². The predicted molar refractivity (Wildman–Crippen MR) is 80.4 cm³/mol. The van der Waals surface area contributed by atoms with Gasteiger partial charge in [0.1, 0.15) is 6.04 Å². The number of allylic oxidation sites excluding steroid dienone is 1. The standard InChI is InChI=1S/C15H18N2O5/c1-2-3-7-13(15(19)20)16-14(18)9-8-11-5-4-6-12(10-11)17(21)22/h2-6,10,13H,7-9H2,1H3,(H,16,18)(H,19,20)/b3-2+. The second kappa shape index (κ2) is 8.56. The Bertz CT molecular complexity index is 583. The first-order chi connectivity index (χ1) is 10.4. The minimum Gasteiger partial charge on any atom is -0.480 e. The molecular weight excluding hydrogens is 288 g/mol. The zero-order valence-corrected chi connectivity index (χ0v) is 12.2. The number of carboxylic acid groups (broad SMARTS) is 1. The van der Waals surface area contributed by atoms with Gasteiger partial charge in [-0.25, -0.2) is 4.79 Å². The van der Waals surface area contributed by atoms with Gasteiger partial charge in [-0.2, -0.15) is 0 Å². The minimum absolute atomic E-state index is 0.0330. The number of hydrogen-bond donors (Lipinski definition) is 2. The number of nitro benzene ring substituents is 1. The van der Waals surface area contributed by atoms with Crippen molar-refractivity contribution in [2.45, 2.75) is 32.2 Å². The first kappa shape index (κ1) is 17.4. The highest BCUT2D eigenvalue weighted by molar-refractivity contribution is 5.83. The number of non-ortho nitro benzene ring substituents is 1. The Hall–Kier alpha value is -2.70. The van der Waals surface area contributed by atoms with Crippen LogP contribution in [0.15, 0.2) is 36.4 Å². The van der Waals surface area contributed by atoms with E-state index in [9.17, 15) is 19.7 Å². The molecule has 0 radical (unpaired) electrons. The van der Waals surface area contributed by atoms with Crippen molar-refractivity contribution in [3.63, 3.8) is 0 Å². The average molecular weight is 306 g/mol. The lowest BCUT2D eigenvalue weighted by atomic mass is 10.1. The molecule has 0 bridgehead atoms. The lowest BCUT2D eigenvalue weighted by Crippen LogP contribution is -2.40. The molecule has 0 aliphatic carbocycles. The molecule has 1 aromatic rings. The van der Waals surface area contributed by atoms with E-state index in [1.165, 1.54) is 12.1 Å². The molecule has 1 aromatic carbocycles. The Balaban J connectivity index is 2.56. The number of carboxylic acids is 1. The highest BCUT2D eigenvalue weighted by atomic mass is 16.6. The summed E-state index contributed by atoms with van der Waals surface area (Å²) in [7, 11) is 0. The summed E-state index contributed by atoms with van der Waals surface area (Å²) in [6.07, 6.45) is 3.98. The molecule has 0 heterocycles. The van der Waals surface area contributed by atoms with Crippen LogP contribution in [0.1, 0.15) is 25.3 Å². The summed E-state index contributed by atoms with van der Waals surface area (Å²) in [6, 6.07) is 5.06. The smallest absolute Gasteiger partial charge is 0.326 e. The van der Waals surface area contributed by atoms with E-state index >= 15 is 0 Å². The van der Waals surface area contributed by atoms with Gasteiger partial charge in [0.15, 0.2) is 0 Å². The summed E-state index contributed by atoms with van der Waals surface area (Å²) in [5.74, 6) is -1.50. The van der Waals surface area contributed by atoms with Gasteiger partial charge in [-0.3, -0.25) is 14.9 Å². The van der Waals surface area contributed by atoms with E-state index in [1.54, 1.807) is 31.2 Å². The first-order valence-electron chi connectivity index (χ1n) is 6.80. The third-order valence-electron chi connectivity index (χ3n) is 3.00. The predicted octanol–water partition coefficient (Wildman–Crippen LogP) is 2.06. The van der Waals surface area contributed by atoms with Gasteiger partial charge in [-0.1, -0.05) is 24.3 Å². The summed E-state index contributed by atoms with van der Waals surface area (Å²) < 4.78 is 0. The van der Waals surface area contributed by atoms with Crippen molar-refractivity contribution in [2.75, 3.05) is 0 Å². The molecule has 7 heteroatoms. The molecule has 0 fully saturated rings.